The summed E-state index contributed by atoms with van der Waals surface area (Å²) in [6.45, 7) is 4.00. The highest BCUT2D eigenvalue weighted by atomic mass is 79.9. The third-order valence-corrected chi connectivity index (χ3v) is 5.54. The first kappa shape index (κ1) is 20.4. The molecule has 1 atom stereocenters. The van der Waals surface area contributed by atoms with Crippen LogP contribution >= 0.6 is 27.7 Å². The van der Waals surface area contributed by atoms with Crippen molar-refractivity contribution >= 4 is 38.8 Å². The van der Waals surface area contributed by atoms with Crippen molar-refractivity contribution in [3.05, 3.63) is 45.0 Å². The molecule has 0 amide bonds. The van der Waals surface area contributed by atoms with Gasteiger partial charge in [0.15, 0.2) is 16.7 Å². The van der Waals surface area contributed by atoms with Crippen molar-refractivity contribution in [2.75, 3.05) is 20.3 Å². The summed E-state index contributed by atoms with van der Waals surface area (Å²) >= 11 is 5.04. The van der Waals surface area contributed by atoms with Gasteiger partial charge in [-0.25, -0.2) is 9.79 Å². The van der Waals surface area contributed by atoms with Crippen LogP contribution in [-0.4, -0.2) is 36.4 Å². The second-order valence-electron chi connectivity index (χ2n) is 5.85. The number of carbonyl (C=O) groups excluding carboxylic acids is 1. The number of fused-ring (bicyclic) bond motifs is 1. The van der Waals surface area contributed by atoms with E-state index in [2.05, 4.69) is 26.8 Å². The lowest BCUT2D eigenvalue weighted by molar-refractivity contribution is -0.139. The minimum Gasteiger partial charge on any atom is -0.493 e. The largest absolute Gasteiger partial charge is 0.493 e. The molecule has 1 aromatic rings. The smallest absolute Gasteiger partial charge is 0.338 e. The maximum atomic E-state index is 12.7. The van der Waals surface area contributed by atoms with E-state index in [1.165, 1.54) is 11.8 Å². The van der Waals surface area contributed by atoms with Gasteiger partial charge in [-0.2, -0.15) is 0 Å². The first-order valence-corrected chi connectivity index (χ1v) is 10.2. The van der Waals surface area contributed by atoms with Gasteiger partial charge in [0.25, 0.3) is 0 Å². The Kier molecular flexibility index (Phi) is 6.37. The third kappa shape index (κ3) is 3.77. The van der Waals surface area contributed by atoms with Gasteiger partial charge in [0.2, 0.25) is 0 Å². The molecule has 2 aliphatic rings. The molecule has 0 bridgehead atoms. The van der Waals surface area contributed by atoms with Crippen molar-refractivity contribution < 1.29 is 19.0 Å². The van der Waals surface area contributed by atoms with Crippen molar-refractivity contribution in [1.29, 1.82) is 0 Å². The zero-order chi connectivity index (χ0) is 20.3. The average Bonchev–Trinajstić information content (AvgIpc) is 3.13. The van der Waals surface area contributed by atoms with Crippen molar-refractivity contribution in [2.45, 2.75) is 19.9 Å². The fourth-order valence-electron chi connectivity index (χ4n) is 3.05. The van der Waals surface area contributed by atoms with Crippen LogP contribution in [-0.2, 0) is 9.53 Å². The molecule has 0 N–H and O–H groups in total. The highest BCUT2D eigenvalue weighted by molar-refractivity contribution is 9.10. The van der Waals surface area contributed by atoms with Gasteiger partial charge in [0.1, 0.15) is 6.61 Å². The Labute approximate surface area is 176 Å². The molecule has 0 unspecified atom stereocenters. The normalized spacial score (nSPS) is 17.8. The van der Waals surface area contributed by atoms with Gasteiger partial charge in [-0.05, 0) is 52.9 Å². The van der Waals surface area contributed by atoms with Crippen molar-refractivity contribution in [3.63, 3.8) is 0 Å². The minimum absolute atomic E-state index is 0.118. The molecule has 0 saturated heterocycles. The Morgan fingerprint density at radius 1 is 1.46 bits per heavy atom. The van der Waals surface area contributed by atoms with Gasteiger partial charge in [-0.1, -0.05) is 17.7 Å². The third-order valence-electron chi connectivity index (χ3n) is 4.18. The molecule has 0 radical (unpaired) electrons. The zero-order valence-corrected chi connectivity index (χ0v) is 18.1. The zero-order valence-electron chi connectivity index (χ0n) is 15.7. The van der Waals surface area contributed by atoms with Crippen LogP contribution in [0.25, 0.3) is 0 Å². The monoisotopic (exact) mass is 462 g/mol. The van der Waals surface area contributed by atoms with E-state index < -0.39 is 6.04 Å². The molecule has 146 valence electrons. The standard InChI is InChI=1S/C20H19BrN2O4S/c1-5-8-27-18-14(21)10-13(11-15(18)25-4)17-16(19(24)26-6-2)12(3)22-20-23(17)7-9-28-20/h1,7,9-11,17H,6,8H2,2-4H3/t17-/m1/s1. The number of thioether (sulfide) groups is 1. The Bertz CT molecular complexity index is 933. The summed E-state index contributed by atoms with van der Waals surface area (Å²) in [5.74, 6) is 3.08. The molecular weight excluding hydrogens is 444 g/mol. The molecule has 8 heteroatoms. The van der Waals surface area contributed by atoms with E-state index in [9.17, 15) is 4.79 Å². The number of benzene rings is 1. The number of halogens is 1. The van der Waals surface area contributed by atoms with Crippen LogP contribution in [0.1, 0.15) is 25.5 Å². The number of terminal acetylenes is 1. The topological polar surface area (TPSA) is 60.4 Å². The fourth-order valence-corrected chi connectivity index (χ4v) is 4.42. The molecule has 2 aliphatic heterocycles. The number of nitrogens with zero attached hydrogens (tertiary/aromatic N) is 2. The summed E-state index contributed by atoms with van der Waals surface area (Å²) in [5.41, 5.74) is 1.95. The Morgan fingerprint density at radius 2 is 2.25 bits per heavy atom. The summed E-state index contributed by atoms with van der Waals surface area (Å²) in [5, 5.41) is 2.74. The van der Waals surface area contributed by atoms with Crippen LogP contribution in [0.2, 0.25) is 0 Å². The summed E-state index contributed by atoms with van der Waals surface area (Å²) in [6, 6.07) is 3.34. The molecule has 0 saturated carbocycles. The summed E-state index contributed by atoms with van der Waals surface area (Å²) in [6.07, 6.45) is 7.21. The number of carbonyl (C=O) groups is 1. The second kappa shape index (κ2) is 8.76. The number of ether oxygens (including phenoxy) is 3. The Hall–Kier alpha value is -2.37. The molecule has 0 spiro atoms. The van der Waals surface area contributed by atoms with E-state index in [0.29, 0.717) is 27.2 Å². The van der Waals surface area contributed by atoms with E-state index in [1.54, 1.807) is 14.0 Å². The second-order valence-corrected chi connectivity index (χ2v) is 7.58. The first-order chi connectivity index (χ1) is 13.5. The molecule has 3 rings (SSSR count). The van der Waals surface area contributed by atoms with E-state index in [-0.39, 0.29) is 19.2 Å². The van der Waals surface area contributed by atoms with Gasteiger partial charge in [-0.3, -0.25) is 0 Å². The fraction of sp³-hybridized carbons (Fsp3) is 0.300. The molecule has 0 aliphatic carbocycles. The van der Waals surface area contributed by atoms with Gasteiger partial charge >= 0.3 is 5.97 Å². The number of hydrogen-bond acceptors (Lipinski definition) is 7. The molecule has 1 aromatic carbocycles. The SMILES string of the molecule is C#CCOc1c(Br)cc([C@@H]2C(C(=O)OCC)=C(C)N=C3SC=CN32)cc1OC. The van der Waals surface area contributed by atoms with Crippen molar-refractivity contribution in [2.24, 2.45) is 4.99 Å². The Balaban J connectivity index is 2.12. The maximum absolute atomic E-state index is 12.7. The molecule has 0 aromatic heterocycles. The van der Waals surface area contributed by atoms with Crippen LogP contribution in [0, 0.1) is 12.3 Å². The molecule has 2 heterocycles. The van der Waals surface area contributed by atoms with E-state index in [1.807, 2.05) is 35.6 Å². The van der Waals surface area contributed by atoms with Gasteiger partial charge in [0, 0.05) is 6.20 Å². The van der Waals surface area contributed by atoms with Gasteiger partial charge < -0.3 is 19.1 Å². The lowest BCUT2D eigenvalue weighted by Crippen LogP contribution is -2.34. The van der Waals surface area contributed by atoms with E-state index in [0.717, 1.165) is 10.7 Å². The highest BCUT2D eigenvalue weighted by Gasteiger charge is 2.38. The van der Waals surface area contributed by atoms with E-state index >= 15 is 0 Å². The molecule has 28 heavy (non-hydrogen) atoms. The van der Waals surface area contributed by atoms with Gasteiger partial charge in [0.05, 0.1) is 35.5 Å². The number of rotatable bonds is 6. The average molecular weight is 463 g/mol. The quantitative estimate of drug-likeness (QED) is 0.465. The minimum atomic E-state index is -0.398. The highest BCUT2D eigenvalue weighted by Crippen LogP contribution is 2.45. The number of methoxy groups -OCH3 is 1. The summed E-state index contributed by atoms with van der Waals surface area (Å²) in [7, 11) is 1.56. The van der Waals surface area contributed by atoms with Gasteiger partial charge in [-0.15, -0.1) is 6.42 Å². The van der Waals surface area contributed by atoms with Crippen LogP contribution in [0.4, 0.5) is 0 Å². The van der Waals surface area contributed by atoms with E-state index in [4.69, 9.17) is 20.6 Å². The summed E-state index contributed by atoms with van der Waals surface area (Å²) in [4.78, 5) is 19.2. The van der Waals surface area contributed by atoms with Crippen LogP contribution < -0.4 is 9.47 Å². The first-order valence-electron chi connectivity index (χ1n) is 8.53. The number of esters is 1. The lowest BCUT2D eigenvalue weighted by atomic mass is 9.94. The maximum Gasteiger partial charge on any atom is 0.338 e. The number of amidine groups is 1. The molecule has 6 nitrogen and oxygen atoms in total. The molecular formula is C20H19BrN2O4S. The van der Waals surface area contributed by atoms with Crippen molar-refractivity contribution in [3.8, 4) is 23.8 Å². The number of aliphatic imine (C=N–C) groups is 1. The Morgan fingerprint density at radius 3 is 2.93 bits per heavy atom. The van der Waals surface area contributed by atoms with Crippen LogP contribution in [0.3, 0.4) is 0 Å². The predicted molar refractivity (Wildman–Crippen MR) is 113 cm³/mol. The summed E-state index contributed by atoms with van der Waals surface area (Å²) < 4.78 is 17.1. The van der Waals surface area contributed by atoms with Crippen molar-refractivity contribution in [1.82, 2.24) is 4.90 Å². The number of allylic oxidation sites excluding steroid dienone is 1. The predicted octanol–water partition coefficient (Wildman–Crippen LogP) is 4.24. The number of hydrogen-bond donors (Lipinski definition) is 0. The lowest BCUT2D eigenvalue weighted by Gasteiger charge is -2.33. The van der Waals surface area contributed by atoms with Crippen LogP contribution in [0.5, 0.6) is 11.5 Å². The van der Waals surface area contributed by atoms with Crippen LogP contribution in [0.15, 0.2) is 44.5 Å². The molecule has 0 fully saturated rings.